The maximum Gasteiger partial charge on any atom is 0.306 e. The molecule has 0 aliphatic rings. The quantitative estimate of drug-likeness (QED) is 0.0393. The Morgan fingerprint density at radius 3 is 1.30 bits per heavy atom. The van der Waals surface area contributed by atoms with Gasteiger partial charge in [-0.1, -0.05) is 184 Å². The molecule has 0 saturated carbocycles. The van der Waals surface area contributed by atoms with Crippen LogP contribution in [-0.2, 0) is 14.3 Å². The predicted molar refractivity (Wildman–Crippen MR) is 219 cm³/mol. The van der Waals surface area contributed by atoms with Crippen molar-refractivity contribution in [1.82, 2.24) is 0 Å². The first-order valence-electron chi connectivity index (χ1n) is 21.7. The van der Waals surface area contributed by atoms with Crippen LogP contribution in [0.4, 0.5) is 0 Å². The summed E-state index contributed by atoms with van der Waals surface area (Å²) in [4.78, 5) is 12.2. The Hall–Kier alpha value is -1.65. The average Bonchev–Trinajstić information content (AvgIpc) is 3.12. The summed E-state index contributed by atoms with van der Waals surface area (Å²) in [6, 6.07) is 0. The standard InChI is InChI=1S/C46H84O4/c1-3-5-7-9-11-13-15-17-19-20-21-22-23-24-25-26-27-28-30-32-34-36-38-40-42-49-44-45(43-47)50-46(48)41-39-37-35-33-31-29-18-16-14-12-10-8-6-4-2/h10,12,15-18,20-21,45,47H,3-9,11,13-14,19,22-44H2,1-2H3/b12-10-,17-15-,18-16-,21-20-. The molecule has 0 radical (unpaired) electrons. The van der Waals surface area contributed by atoms with Gasteiger partial charge in [-0.05, 0) is 70.6 Å². The summed E-state index contributed by atoms with van der Waals surface area (Å²) in [5.74, 6) is -0.215. The number of rotatable bonds is 40. The lowest BCUT2D eigenvalue weighted by molar-refractivity contribution is -0.154. The van der Waals surface area contributed by atoms with Crippen LogP contribution in [0.15, 0.2) is 48.6 Å². The number of esters is 1. The molecule has 0 aliphatic carbocycles. The van der Waals surface area contributed by atoms with Gasteiger partial charge in [0, 0.05) is 13.0 Å². The van der Waals surface area contributed by atoms with E-state index in [9.17, 15) is 9.90 Å². The fourth-order valence-electron chi connectivity index (χ4n) is 6.08. The van der Waals surface area contributed by atoms with Crippen molar-refractivity contribution in [2.45, 2.75) is 219 Å². The zero-order valence-corrected chi connectivity index (χ0v) is 33.4. The van der Waals surface area contributed by atoms with Gasteiger partial charge in [0.2, 0.25) is 0 Å². The van der Waals surface area contributed by atoms with E-state index in [1.165, 1.54) is 148 Å². The highest BCUT2D eigenvalue weighted by atomic mass is 16.6. The largest absolute Gasteiger partial charge is 0.457 e. The summed E-state index contributed by atoms with van der Waals surface area (Å²) in [7, 11) is 0. The number of hydrogen-bond donors (Lipinski definition) is 1. The Morgan fingerprint density at radius 2 is 0.860 bits per heavy atom. The second-order valence-corrected chi connectivity index (χ2v) is 14.4. The lowest BCUT2D eigenvalue weighted by Crippen LogP contribution is -2.27. The molecular formula is C46H84O4. The third-order valence-corrected chi connectivity index (χ3v) is 9.38. The summed E-state index contributed by atoms with van der Waals surface area (Å²) < 4.78 is 11.1. The lowest BCUT2D eigenvalue weighted by Gasteiger charge is -2.15. The van der Waals surface area contributed by atoms with Crippen LogP contribution in [0.1, 0.15) is 213 Å². The highest BCUT2D eigenvalue weighted by molar-refractivity contribution is 5.69. The van der Waals surface area contributed by atoms with Gasteiger partial charge in [0.05, 0.1) is 13.2 Å². The van der Waals surface area contributed by atoms with E-state index in [0.717, 1.165) is 44.9 Å². The van der Waals surface area contributed by atoms with E-state index in [-0.39, 0.29) is 19.2 Å². The van der Waals surface area contributed by atoms with Gasteiger partial charge >= 0.3 is 5.97 Å². The van der Waals surface area contributed by atoms with E-state index in [2.05, 4.69) is 62.5 Å². The van der Waals surface area contributed by atoms with Crippen LogP contribution in [0.2, 0.25) is 0 Å². The number of ether oxygens (including phenoxy) is 2. The van der Waals surface area contributed by atoms with Crippen molar-refractivity contribution in [1.29, 1.82) is 0 Å². The molecule has 292 valence electrons. The average molecular weight is 701 g/mol. The van der Waals surface area contributed by atoms with Crippen molar-refractivity contribution >= 4 is 5.97 Å². The molecule has 0 heterocycles. The van der Waals surface area contributed by atoms with E-state index < -0.39 is 6.10 Å². The number of allylic oxidation sites excluding steroid dienone is 8. The first-order chi connectivity index (χ1) is 24.7. The van der Waals surface area contributed by atoms with E-state index in [0.29, 0.717) is 13.0 Å². The third kappa shape index (κ3) is 40.8. The summed E-state index contributed by atoms with van der Waals surface area (Å²) in [5, 5.41) is 9.59. The number of aliphatic hydroxyl groups excluding tert-OH is 1. The van der Waals surface area contributed by atoms with Crippen molar-refractivity contribution in [2.75, 3.05) is 19.8 Å². The minimum Gasteiger partial charge on any atom is -0.457 e. The molecule has 4 nitrogen and oxygen atoms in total. The highest BCUT2D eigenvalue weighted by Gasteiger charge is 2.13. The first kappa shape index (κ1) is 48.3. The van der Waals surface area contributed by atoms with Crippen molar-refractivity contribution in [3.63, 3.8) is 0 Å². The van der Waals surface area contributed by atoms with Gasteiger partial charge in [-0.15, -0.1) is 0 Å². The van der Waals surface area contributed by atoms with Crippen molar-refractivity contribution in [3.05, 3.63) is 48.6 Å². The van der Waals surface area contributed by atoms with E-state index in [1.54, 1.807) is 0 Å². The Balaban J connectivity index is 3.42. The summed E-state index contributed by atoms with van der Waals surface area (Å²) in [6.07, 6.45) is 56.0. The van der Waals surface area contributed by atoms with Crippen LogP contribution in [0.5, 0.6) is 0 Å². The molecule has 0 aromatic rings. The zero-order valence-electron chi connectivity index (χ0n) is 33.4. The van der Waals surface area contributed by atoms with Crippen molar-refractivity contribution in [3.8, 4) is 0 Å². The lowest BCUT2D eigenvalue weighted by atomic mass is 10.0. The molecule has 1 N–H and O–H groups in total. The second kappa shape index (κ2) is 43.5. The van der Waals surface area contributed by atoms with Crippen molar-refractivity contribution in [2.24, 2.45) is 0 Å². The molecule has 0 saturated heterocycles. The molecule has 0 amide bonds. The molecule has 0 aromatic heterocycles. The van der Waals surface area contributed by atoms with Gasteiger partial charge in [0.1, 0.15) is 6.10 Å². The van der Waals surface area contributed by atoms with Crippen LogP contribution in [0.25, 0.3) is 0 Å². The van der Waals surface area contributed by atoms with Crippen molar-refractivity contribution < 1.29 is 19.4 Å². The van der Waals surface area contributed by atoms with Gasteiger partial charge in [-0.2, -0.15) is 0 Å². The van der Waals surface area contributed by atoms with Gasteiger partial charge < -0.3 is 14.6 Å². The first-order valence-corrected chi connectivity index (χ1v) is 21.7. The summed E-state index contributed by atoms with van der Waals surface area (Å²) in [5.41, 5.74) is 0. The maximum absolute atomic E-state index is 12.2. The molecule has 0 aromatic carbocycles. The van der Waals surface area contributed by atoms with Crippen LogP contribution in [-0.4, -0.2) is 37.0 Å². The fourth-order valence-corrected chi connectivity index (χ4v) is 6.08. The topological polar surface area (TPSA) is 55.8 Å². The smallest absolute Gasteiger partial charge is 0.306 e. The monoisotopic (exact) mass is 701 g/mol. The van der Waals surface area contributed by atoms with Gasteiger partial charge in [0.15, 0.2) is 0 Å². The third-order valence-electron chi connectivity index (χ3n) is 9.38. The van der Waals surface area contributed by atoms with Crippen LogP contribution >= 0.6 is 0 Å². The molecule has 0 spiro atoms. The minimum absolute atomic E-state index is 0.178. The van der Waals surface area contributed by atoms with Crippen LogP contribution in [0, 0.1) is 0 Å². The molecule has 50 heavy (non-hydrogen) atoms. The fraction of sp³-hybridized carbons (Fsp3) is 0.804. The van der Waals surface area contributed by atoms with E-state index in [4.69, 9.17) is 9.47 Å². The maximum atomic E-state index is 12.2. The zero-order chi connectivity index (χ0) is 36.3. The molecule has 1 atom stereocenters. The Morgan fingerprint density at radius 1 is 0.480 bits per heavy atom. The Bertz CT molecular complexity index is 783. The van der Waals surface area contributed by atoms with Crippen LogP contribution in [0.3, 0.4) is 0 Å². The number of carbonyl (C=O) groups excluding carboxylic acids is 1. The highest BCUT2D eigenvalue weighted by Crippen LogP contribution is 2.14. The number of hydrogen-bond acceptors (Lipinski definition) is 4. The molecule has 4 heteroatoms. The molecule has 1 unspecified atom stereocenters. The molecule has 0 bridgehead atoms. The number of carbonyl (C=O) groups is 1. The molecule has 0 aliphatic heterocycles. The SMILES string of the molecule is CCCC/C=C\C/C=C\CCCCCCCC(=O)OC(CO)COCCCCCCCCCCCCCC/C=C\C/C=C\CCCCCCC. The Labute approximate surface area is 312 Å². The Kier molecular flexibility index (Phi) is 42.1. The predicted octanol–water partition coefficient (Wildman–Crippen LogP) is 14.3. The summed E-state index contributed by atoms with van der Waals surface area (Å²) >= 11 is 0. The van der Waals surface area contributed by atoms with E-state index in [1.807, 2.05) is 0 Å². The van der Waals surface area contributed by atoms with E-state index >= 15 is 0 Å². The second-order valence-electron chi connectivity index (χ2n) is 14.4. The van der Waals surface area contributed by atoms with Gasteiger partial charge in [-0.25, -0.2) is 0 Å². The van der Waals surface area contributed by atoms with Gasteiger partial charge in [0.25, 0.3) is 0 Å². The molecular weight excluding hydrogens is 617 g/mol. The van der Waals surface area contributed by atoms with Crippen LogP contribution < -0.4 is 0 Å². The normalized spacial score (nSPS) is 12.8. The molecule has 0 fully saturated rings. The number of aliphatic hydroxyl groups is 1. The summed E-state index contributed by atoms with van der Waals surface area (Å²) in [6.45, 7) is 5.29. The van der Waals surface area contributed by atoms with Gasteiger partial charge in [-0.3, -0.25) is 4.79 Å². The number of unbranched alkanes of at least 4 members (excludes halogenated alkanes) is 24. The molecule has 0 rings (SSSR count). The minimum atomic E-state index is -0.542.